The van der Waals surface area contributed by atoms with Crippen molar-refractivity contribution in [3.8, 4) is 0 Å². The maximum absolute atomic E-state index is 13.2. The van der Waals surface area contributed by atoms with Crippen molar-refractivity contribution in [1.29, 1.82) is 0 Å². The van der Waals surface area contributed by atoms with Gasteiger partial charge in [-0.1, -0.05) is 0 Å². The van der Waals surface area contributed by atoms with Crippen LogP contribution in [0.4, 0.5) is 10.4 Å². The van der Waals surface area contributed by atoms with E-state index in [0.717, 1.165) is 24.0 Å². The summed E-state index contributed by atoms with van der Waals surface area (Å²) in [6.07, 6.45) is 4.72. The molecule has 1 atom stereocenters. The van der Waals surface area contributed by atoms with Crippen molar-refractivity contribution in [2.75, 3.05) is 18.0 Å². The minimum atomic E-state index is -0.314. The van der Waals surface area contributed by atoms with E-state index in [1.165, 1.54) is 12.1 Å². The van der Waals surface area contributed by atoms with Gasteiger partial charge in [0, 0.05) is 25.4 Å². The second kappa shape index (κ2) is 4.84. The molecule has 2 aromatic heterocycles. The lowest BCUT2D eigenvalue weighted by Gasteiger charge is -2.13. The number of fused-ring (bicyclic) bond motifs is 1. The lowest BCUT2D eigenvalue weighted by atomic mass is 10.3. The van der Waals surface area contributed by atoms with Gasteiger partial charge in [0.1, 0.15) is 11.3 Å². The quantitative estimate of drug-likeness (QED) is 0.710. The SMILES string of the molecule is Fc1ccc2nc(N3CCC(n4cc(Br)cn4)C3)oc2c1. The molecule has 0 bridgehead atoms. The number of hydrogen-bond acceptors (Lipinski definition) is 4. The van der Waals surface area contributed by atoms with Gasteiger partial charge in [-0.25, -0.2) is 4.39 Å². The molecule has 3 heterocycles. The topological polar surface area (TPSA) is 47.1 Å². The van der Waals surface area contributed by atoms with Crippen LogP contribution in [0, 0.1) is 5.82 Å². The van der Waals surface area contributed by atoms with Crippen molar-refractivity contribution in [2.45, 2.75) is 12.5 Å². The molecule has 3 aromatic rings. The summed E-state index contributed by atoms with van der Waals surface area (Å²) in [5.41, 5.74) is 1.16. The third-order valence-corrected chi connectivity index (χ3v) is 4.13. The minimum Gasteiger partial charge on any atom is -0.423 e. The van der Waals surface area contributed by atoms with Gasteiger partial charge in [0.05, 0.1) is 16.7 Å². The Labute approximate surface area is 128 Å². The summed E-state index contributed by atoms with van der Waals surface area (Å²) in [5.74, 6) is -0.314. The summed E-state index contributed by atoms with van der Waals surface area (Å²) in [4.78, 5) is 6.49. The molecule has 4 rings (SSSR count). The zero-order valence-electron chi connectivity index (χ0n) is 11.0. The summed E-state index contributed by atoms with van der Waals surface area (Å²) < 4.78 is 21.8. The van der Waals surface area contributed by atoms with Gasteiger partial charge in [-0.15, -0.1) is 0 Å². The Kier molecular flexibility index (Phi) is 2.95. The van der Waals surface area contributed by atoms with Crippen LogP contribution in [0.3, 0.4) is 0 Å². The monoisotopic (exact) mass is 350 g/mol. The fraction of sp³-hybridized carbons (Fsp3) is 0.286. The molecule has 0 N–H and O–H groups in total. The van der Waals surface area contributed by atoms with Crippen LogP contribution in [0.5, 0.6) is 0 Å². The zero-order chi connectivity index (χ0) is 14.4. The molecule has 1 aliphatic heterocycles. The third-order valence-electron chi connectivity index (χ3n) is 3.72. The first kappa shape index (κ1) is 12.8. The van der Waals surface area contributed by atoms with Gasteiger partial charge < -0.3 is 9.32 Å². The van der Waals surface area contributed by atoms with Crippen molar-refractivity contribution in [3.05, 3.63) is 40.9 Å². The van der Waals surface area contributed by atoms with E-state index < -0.39 is 0 Å². The van der Waals surface area contributed by atoms with Gasteiger partial charge in [-0.2, -0.15) is 10.1 Å². The van der Waals surface area contributed by atoms with Crippen LogP contribution in [0.2, 0.25) is 0 Å². The van der Waals surface area contributed by atoms with Crippen LogP contribution in [0.15, 0.2) is 39.5 Å². The Hall–Kier alpha value is -1.89. The van der Waals surface area contributed by atoms with Gasteiger partial charge in [-0.05, 0) is 34.5 Å². The summed E-state index contributed by atoms with van der Waals surface area (Å²) in [7, 11) is 0. The highest BCUT2D eigenvalue weighted by Crippen LogP contribution is 2.29. The molecule has 1 saturated heterocycles. The molecule has 5 nitrogen and oxygen atoms in total. The van der Waals surface area contributed by atoms with Crippen molar-refractivity contribution in [3.63, 3.8) is 0 Å². The van der Waals surface area contributed by atoms with E-state index in [1.54, 1.807) is 12.3 Å². The van der Waals surface area contributed by atoms with E-state index in [9.17, 15) is 4.39 Å². The van der Waals surface area contributed by atoms with Gasteiger partial charge in [0.25, 0.3) is 6.01 Å². The van der Waals surface area contributed by atoms with E-state index >= 15 is 0 Å². The van der Waals surface area contributed by atoms with Crippen molar-refractivity contribution in [2.24, 2.45) is 0 Å². The Morgan fingerprint density at radius 2 is 2.29 bits per heavy atom. The molecule has 0 amide bonds. The predicted octanol–water partition coefficient (Wildman–Crippen LogP) is 3.38. The predicted molar refractivity (Wildman–Crippen MR) is 79.8 cm³/mol. The molecule has 0 spiro atoms. The molecule has 1 fully saturated rings. The highest BCUT2D eigenvalue weighted by Gasteiger charge is 2.27. The third kappa shape index (κ3) is 2.31. The number of rotatable bonds is 2. The van der Waals surface area contributed by atoms with Gasteiger partial charge in [0.2, 0.25) is 0 Å². The van der Waals surface area contributed by atoms with Crippen LogP contribution in [-0.2, 0) is 0 Å². The van der Waals surface area contributed by atoms with E-state index in [0.29, 0.717) is 23.2 Å². The van der Waals surface area contributed by atoms with Gasteiger partial charge in [0.15, 0.2) is 5.58 Å². The molecule has 1 aliphatic rings. The summed E-state index contributed by atoms with van der Waals surface area (Å²) in [6, 6.07) is 5.23. The number of hydrogen-bond donors (Lipinski definition) is 0. The fourth-order valence-corrected chi connectivity index (χ4v) is 2.97. The average molecular weight is 351 g/mol. The standard InChI is InChI=1S/C14H12BrFN4O/c15-9-6-17-20(7-9)11-3-4-19(8-11)14-18-12-2-1-10(16)5-13(12)21-14/h1-2,5-7,11H,3-4,8H2. The maximum atomic E-state index is 13.2. The first-order valence-corrected chi connectivity index (χ1v) is 7.49. The molecule has 7 heteroatoms. The number of aromatic nitrogens is 3. The molecule has 21 heavy (non-hydrogen) atoms. The normalized spacial score (nSPS) is 18.8. The summed E-state index contributed by atoms with van der Waals surface area (Å²) >= 11 is 3.41. The molecule has 0 aliphatic carbocycles. The van der Waals surface area contributed by atoms with Crippen molar-refractivity contribution >= 4 is 33.0 Å². The Bertz CT molecular complexity index is 799. The lowest BCUT2D eigenvalue weighted by Crippen LogP contribution is -2.21. The molecule has 1 unspecified atom stereocenters. The smallest absolute Gasteiger partial charge is 0.298 e. The van der Waals surface area contributed by atoms with Crippen LogP contribution in [-0.4, -0.2) is 27.9 Å². The molecule has 0 radical (unpaired) electrons. The molecule has 1 aromatic carbocycles. The lowest BCUT2D eigenvalue weighted by molar-refractivity contribution is 0.490. The van der Waals surface area contributed by atoms with E-state index in [-0.39, 0.29) is 5.82 Å². The first-order valence-electron chi connectivity index (χ1n) is 6.70. The second-order valence-corrected chi connectivity index (χ2v) is 6.05. The summed E-state index contributed by atoms with van der Waals surface area (Å²) in [5, 5.41) is 4.32. The number of nitrogens with zero attached hydrogens (tertiary/aromatic N) is 4. The number of anilines is 1. The van der Waals surface area contributed by atoms with E-state index in [1.807, 2.05) is 10.9 Å². The average Bonchev–Trinajstić information content (AvgIpc) is 3.14. The second-order valence-electron chi connectivity index (χ2n) is 5.14. The minimum absolute atomic E-state index is 0.294. The molecular formula is C14H12BrFN4O. The Balaban J connectivity index is 1.59. The van der Waals surface area contributed by atoms with E-state index in [2.05, 4.69) is 30.9 Å². The number of benzene rings is 1. The van der Waals surface area contributed by atoms with E-state index in [4.69, 9.17) is 4.42 Å². The van der Waals surface area contributed by atoms with Gasteiger partial charge in [-0.3, -0.25) is 4.68 Å². The highest BCUT2D eigenvalue weighted by molar-refractivity contribution is 9.10. The molecule has 108 valence electrons. The zero-order valence-corrected chi connectivity index (χ0v) is 12.6. The van der Waals surface area contributed by atoms with Gasteiger partial charge >= 0.3 is 0 Å². The number of halogens is 2. The highest BCUT2D eigenvalue weighted by atomic mass is 79.9. The largest absolute Gasteiger partial charge is 0.423 e. The van der Waals surface area contributed by atoms with Crippen LogP contribution in [0.1, 0.15) is 12.5 Å². The van der Waals surface area contributed by atoms with Crippen LogP contribution < -0.4 is 4.90 Å². The number of oxazole rings is 1. The Morgan fingerprint density at radius 3 is 3.10 bits per heavy atom. The molecule has 0 saturated carbocycles. The Morgan fingerprint density at radius 1 is 1.38 bits per heavy atom. The fourth-order valence-electron chi connectivity index (χ4n) is 2.67. The summed E-state index contributed by atoms with van der Waals surface area (Å²) in [6.45, 7) is 1.63. The van der Waals surface area contributed by atoms with Crippen molar-refractivity contribution in [1.82, 2.24) is 14.8 Å². The van der Waals surface area contributed by atoms with Crippen molar-refractivity contribution < 1.29 is 8.81 Å². The van der Waals surface area contributed by atoms with Crippen LogP contribution in [0.25, 0.3) is 11.1 Å². The molecular weight excluding hydrogens is 339 g/mol. The van der Waals surface area contributed by atoms with Crippen LogP contribution >= 0.6 is 15.9 Å². The first-order chi connectivity index (χ1) is 10.2. The maximum Gasteiger partial charge on any atom is 0.298 e.